The normalized spacial score (nSPS) is 12.2. The molecule has 0 spiro atoms. The number of aromatic amines is 1. The molecule has 0 saturated heterocycles. The summed E-state index contributed by atoms with van der Waals surface area (Å²) in [5.41, 5.74) is 0.842. The van der Waals surface area contributed by atoms with Crippen molar-refractivity contribution in [3.8, 4) is 0 Å². The third-order valence-corrected chi connectivity index (χ3v) is 5.08. The zero-order chi connectivity index (χ0) is 15.5. The molecule has 0 aliphatic carbocycles. The second-order valence-corrected chi connectivity index (χ2v) is 6.54. The van der Waals surface area contributed by atoms with Gasteiger partial charge in [0.25, 0.3) is 0 Å². The molecule has 0 aliphatic rings. The van der Waals surface area contributed by atoms with Gasteiger partial charge in [-0.25, -0.2) is 8.42 Å². The van der Waals surface area contributed by atoms with Gasteiger partial charge in [0, 0.05) is 6.04 Å². The van der Waals surface area contributed by atoms with E-state index in [-0.39, 0.29) is 24.1 Å². The topological polar surface area (TPSA) is 92.4 Å². The summed E-state index contributed by atoms with van der Waals surface area (Å²) in [6.07, 6.45) is 0. The average Bonchev–Trinajstić information content (AvgIpc) is 2.66. The van der Waals surface area contributed by atoms with Crippen molar-refractivity contribution in [2.45, 2.75) is 45.6 Å². The minimum Gasteiger partial charge on any atom is -0.465 e. The largest absolute Gasteiger partial charge is 0.465 e. The van der Waals surface area contributed by atoms with Gasteiger partial charge in [-0.3, -0.25) is 9.89 Å². The number of H-pyrrole nitrogens is 1. The van der Waals surface area contributed by atoms with Crippen molar-refractivity contribution in [3.05, 3.63) is 11.4 Å². The minimum absolute atomic E-state index is 0.121. The van der Waals surface area contributed by atoms with Crippen molar-refractivity contribution in [1.29, 1.82) is 0 Å². The molecular formula is C12H21N3O4S. The fraction of sp³-hybridized carbons (Fsp3) is 0.667. The predicted molar refractivity (Wildman–Crippen MR) is 73.7 cm³/mol. The zero-order valence-corrected chi connectivity index (χ0v) is 13.2. The number of nitrogens with one attached hydrogen (secondary N) is 1. The van der Waals surface area contributed by atoms with Crippen LogP contribution in [0.15, 0.2) is 4.90 Å². The molecule has 1 rings (SSSR count). The van der Waals surface area contributed by atoms with E-state index in [0.717, 1.165) is 4.31 Å². The van der Waals surface area contributed by atoms with Crippen LogP contribution in [0.1, 0.15) is 32.2 Å². The summed E-state index contributed by atoms with van der Waals surface area (Å²) in [7, 11) is -3.79. The molecule has 114 valence electrons. The van der Waals surface area contributed by atoms with Crippen molar-refractivity contribution in [3.63, 3.8) is 0 Å². The lowest BCUT2D eigenvalue weighted by Gasteiger charge is -2.24. The molecule has 0 radical (unpaired) electrons. The maximum absolute atomic E-state index is 12.7. The van der Waals surface area contributed by atoms with Gasteiger partial charge in [-0.15, -0.1) is 0 Å². The fourth-order valence-corrected chi connectivity index (χ4v) is 3.83. The van der Waals surface area contributed by atoms with Gasteiger partial charge >= 0.3 is 5.97 Å². The van der Waals surface area contributed by atoms with Crippen LogP contribution in [0.2, 0.25) is 0 Å². The molecule has 0 bridgehead atoms. The van der Waals surface area contributed by atoms with Crippen molar-refractivity contribution in [1.82, 2.24) is 14.5 Å². The van der Waals surface area contributed by atoms with E-state index in [2.05, 4.69) is 10.2 Å². The van der Waals surface area contributed by atoms with Crippen LogP contribution in [0, 0.1) is 13.8 Å². The number of nitrogens with zero attached hydrogens (tertiary/aromatic N) is 2. The van der Waals surface area contributed by atoms with Gasteiger partial charge < -0.3 is 4.74 Å². The first-order valence-corrected chi connectivity index (χ1v) is 7.84. The lowest BCUT2D eigenvalue weighted by Crippen LogP contribution is -2.41. The molecule has 0 unspecified atom stereocenters. The molecule has 0 amide bonds. The van der Waals surface area contributed by atoms with Crippen molar-refractivity contribution in [2.24, 2.45) is 0 Å². The number of carbonyl (C=O) groups is 1. The van der Waals surface area contributed by atoms with E-state index in [1.807, 2.05) is 0 Å². The molecule has 1 aromatic heterocycles. The van der Waals surface area contributed by atoms with Crippen molar-refractivity contribution in [2.75, 3.05) is 13.2 Å². The standard InChI is InChI=1S/C12H21N3O4S/c1-6-19-11(16)7-15(8(2)3)20(17,18)12-9(4)13-14-10(12)5/h8H,6-7H2,1-5H3,(H,13,14). The Morgan fingerprint density at radius 3 is 2.40 bits per heavy atom. The number of ether oxygens (including phenoxy) is 1. The first-order chi connectivity index (χ1) is 9.21. The van der Waals surface area contributed by atoms with Crippen LogP contribution in [0.5, 0.6) is 0 Å². The highest BCUT2D eigenvalue weighted by Gasteiger charge is 2.33. The SMILES string of the molecule is CCOC(=O)CN(C(C)C)S(=O)(=O)c1c(C)n[nH]c1C. The predicted octanol–water partition coefficient (Wildman–Crippen LogP) is 0.989. The fourth-order valence-electron chi connectivity index (χ4n) is 1.92. The number of hydrogen-bond acceptors (Lipinski definition) is 5. The molecule has 1 aromatic rings. The Morgan fingerprint density at radius 2 is 2.00 bits per heavy atom. The molecule has 0 aliphatic heterocycles. The van der Waals surface area contributed by atoms with Gasteiger partial charge in [0.05, 0.1) is 18.0 Å². The molecule has 0 aromatic carbocycles. The highest BCUT2D eigenvalue weighted by atomic mass is 32.2. The quantitative estimate of drug-likeness (QED) is 0.791. The van der Waals surface area contributed by atoms with Crippen LogP contribution in [-0.2, 0) is 19.6 Å². The van der Waals surface area contributed by atoms with Crippen LogP contribution < -0.4 is 0 Å². The molecular weight excluding hydrogens is 282 g/mol. The van der Waals surface area contributed by atoms with E-state index in [9.17, 15) is 13.2 Å². The molecule has 0 fully saturated rings. The lowest BCUT2D eigenvalue weighted by atomic mass is 10.4. The van der Waals surface area contributed by atoms with Gasteiger partial charge in [0.1, 0.15) is 11.4 Å². The number of carbonyl (C=O) groups excluding carboxylic acids is 1. The monoisotopic (exact) mass is 303 g/mol. The Hall–Kier alpha value is -1.41. The summed E-state index contributed by atoms with van der Waals surface area (Å²) in [4.78, 5) is 11.7. The van der Waals surface area contributed by atoms with Crippen molar-refractivity contribution < 1.29 is 17.9 Å². The van der Waals surface area contributed by atoms with E-state index >= 15 is 0 Å². The Labute approximate surface area is 119 Å². The van der Waals surface area contributed by atoms with E-state index in [4.69, 9.17) is 4.74 Å². The number of esters is 1. The van der Waals surface area contributed by atoms with E-state index < -0.39 is 16.0 Å². The third-order valence-electron chi connectivity index (χ3n) is 2.79. The second-order valence-electron chi connectivity index (χ2n) is 4.71. The second kappa shape index (κ2) is 6.36. The summed E-state index contributed by atoms with van der Waals surface area (Å²) in [5.74, 6) is -0.566. The zero-order valence-electron chi connectivity index (χ0n) is 12.4. The van der Waals surface area contributed by atoms with Gasteiger partial charge in [0.15, 0.2) is 0 Å². The Balaban J connectivity index is 3.17. The number of aryl methyl sites for hydroxylation is 2. The van der Waals surface area contributed by atoms with Crippen LogP contribution in [-0.4, -0.2) is 48.1 Å². The van der Waals surface area contributed by atoms with Gasteiger partial charge in [0.2, 0.25) is 10.0 Å². The third kappa shape index (κ3) is 3.37. The molecule has 0 atom stereocenters. The molecule has 7 nitrogen and oxygen atoms in total. The van der Waals surface area contributed by atoms with Crippen LogP contribution in [0.3, 0.4) is 0 Å². The van der Waals surface area contributed by atoms with Gasteiger partial charge in [-0.2, -0.15) is 9.40 Å². The van der Waals surface area contributed by atoms with Gasteiger partial charge in [-0.05, 0) is 34.6 Å². The van der Waals surface area contributed by atoms with Crippen LogP contribution in [0.25, 0.3) is 0 Å². The first kappa shape index (κ1) is 16.6. The number of sulfonamides is 1. The average molecular weight is 303 g/mol. The first-order valence-electron chi connectivity index (χ1n) is 6.40. The van der Waals surface area contributed by atoms with E-state index in [0.29, 0.717) is 11.4 Å². The molecule has 20 heavy (non-hydrogen) atoms. The lowest BCUT2D eigenvalue weighted by molar-refractivity contribution is -0.143. The Bertz CT molecular complexity index is 558. The molecule has 8 heteroatoms. The Morgan fingerprint density at radius 1 is 1.40 bits per heavy atom. The summed E-state index contributed by atoms with van der Waals surface area (Å²) in [6, 6.07) is -0.363. The van der Waals surface area contributed by atoms with E-state index in [1.165, 1.54) is 0 Å². The minimum atomic E-state index is -3.79. The number of rotatable bonds is 6. The molecule has 1 heterocycles. The number of hydrogen-bond donors (Lipinski definition) is 1. The molecule has 0 saturated carbocycles. The van der Waals surface area contributed by atoms with E-state index in [1.54, 1.807) is 34.6 Å². The highest BCUT2D eigenvalue weighted by molar-refractivity contribution is 7.89. The van der Waals surface area contributed by atoms with Crippen LogP contribution in [0.4, 0.5) is 0 Å². The van der Waals surface area contributed by atoms with Gasteiger partial charge in [-0.1, -0.05) is 0 Å². The smallest absolute Gasteiger partial charge is 0.321 e. The summed E-state index contributed by atoms with van der Waals surface area (Å²) in [6.45, 7) is 8.25. The summed E-state index contributed by atoms with van der Waals surface area (Å²) in [5, 5.41) is 6.54. The van der Waals surface area contributed by atoms with Crippen molar-refractivity contribution >= 4 is 16.0 Å². The number of aromatic nitrogens is 2. The van der Waals surface area contributed by atoms with Crippen LogP contribution >= 0.6 is 0 Å². The maximum Gasteiger partial charge on any atom is 0.321 e. The molecule has 1 N–H and O–H groups in total. The maximum atomic E-state index is 12.7. The summed E-state index contributed by atoms with van der Waals surface area (Å²) >= 11 is 0. The highest BCUT2D eigenvalue weighted by Crippen LogP contribution is 2.23. The summed E-state index contributed by atoms with van der Waals surface area (Å²) < 4.78 is 31.3. The Kier molecular flexibility index (Phi) is 5.29.